The molecule has 0 aliphatic rings. The molecule has 0 radical (unpaired) electrons. The van der Waals surface area contributed by atoms with Crippen LogP contribution in [0.4, 0.5) is 0 Å². The minimum absolute atomic E-state index is 0.118. The van der Waals surface area contributed by atoms with Gasteiger partial charge in [-0.3, -0.25) is 9.59 Å². The van der Waals surface area contributed by atoms with E-state index in [0.717, 1.165) is 0 Å². The Labute approximate surface area is 168 Å². The summed E-state index contributed by atoms with van der Waals surface area (Å²) in [6.07, 6.45) is 5.13. The molecule has 7 nitrogen and oxygen atoms in total. The van der Waals surface area contributed by atoms with Gasteiger partial charge in [0.15, 0.2) is 5.82 Å². The fraction of sp³-hybridized carbons (Fsp3) is 0.667. The van der Waals surface area contributed by atoms with Crippen LogP contribution in [0.1, 0.15) is 59.1 Å². The van der Waals surface area contributed by atoms with Gasteiger partial charge in [0.25, 0.3) is 0 Å². The number of carbonyl (C=O) groups is 2. The number of likely N-dealkylation sites (N-methyl/N-ethyl adjacent to an activating group) is 1. The molecule has 0 spiro atoms. The van der Waals surface area contributed by atoms with Crippen molar-refractivity contribution in [3.8, 4) is 0 Å². The summed E-state index contributed by atoms with van der Waals surface area (Å²) in [5.41, 5.74) is 6.35. The van der Waals surface area contributed by atoms with Gasteiger partial charge in [-0.1, -0.05) is 40.7 Å². The Morgan fingerprint density at radius 1 is 1.36 bits per heavy atom. The van der Waals surface area contributed by atoms with Gasteiger partial charge in [0.2, 0.25) is 11.7 Å². The van der Waals surface area contributed by atoms with Crippen LogP contribution in [0.25, 0.3) is 0 Å². The van der Waals surface area contributed by atoms with Crippen LogP contribution >= 0.6 is 0 Å². The summed E-state index contributed by atoms with van der Waals surface area (Å²) in [4.78, 5) is 31.6. The average Bonchev–Trinajstić information content (AvgIpc) is 3.08. The van der Waals surface area contributed by atoms with Gasteiger partial charge in [0.1, 0.15) is 6.73 Å². The molecule has 7 heteroatoms. The number of nitrogens with two attached hydrogens (primary N) is 1. The van der Waals surface area contributed by atoms with Crippen LogP contribution in [0.2, 0.25) is 0 Å². The van der Waals surface area contributed by atoms with Crippen LogP contribution in [-0.2, 0) is 16.3 Å². The van der Waals surface area contributed by atoms with Gasteiger partial charge in [-0.15, -0.1) is 0 Å². The van der Waals surface area contributed by atoms with Gasteiger partial charge in [-0.05, 0) is 30.8 Å². The first-order valence-corrected chi connectivity index (χ1v) is 9.76. The topological polar surface area (TPSA) is 90.5 Å². The number of allylic oxidation sites excluding steroid dienone is 1. The van der Waals surface area contributed by atoms with E-state index in [9.17, 15) is 9.59 Å². The second kappa shape index (κ2) is 9.98. The van der Waals surface area contributed by atoms with Crippen molar-refractivity contribution < 1.29 is 14.3 Å². The van der Waals surface area contributed by atoms with Gasteiger partial charge >= 0.3 is 0 Å². The number of imidazole rings is 1. The van der Waals surface area contributed by atoms with Crippen molar-refractivity contribution >= 4 is 11.7 Å². The number of Topliss-reactive ketones (excluding diaryl/α,β-unsaturated/α-hetero) is 1. The van der Waals surface area contributed by atoms with E-state index in [1.54, 1.807) is 35.8 Å². The van der Waals surface area contributed by atoms with Crippen molar-refractivity contribution in [1.29, 1.82) is 0 Å². The molecular formula is C21H36N4O3. The molecule has 0 saturated carbocycles. The molecule has 1 aromatic rings. The van der Waals surface area contributed by atoms with Gasteiger partial charge in [-0.2, -0.15) is 0 Å². The molecule has 2 N–H and O–H groups in total. The highest BCUT2D eigenvalue weighted by Gasteiger charge is 2.33. The number of ketones is 1. The SMILES string of the molecule is CCOCn1ccnc1C(=O)/C(C)=C/[C@H](C(C)C)N(C)C(=O)[C@@H](N)C(C)(C)C. The standard InChI is InChI=1S/C21H36N4O3/c1-9-28-13-25-11-10-23-19(25)17(26)15(4)12-16(14(2)3)24(8)20(27)18(22)21(5,6)7/h10-12,14,16,18H,9,13,22H2,1-8H3/b15-12+/t16-,18-/m1/s1. The number of carbonyl (C=O) groups excluding carboxylic acids is 2. The van der Waals surface area contributed by atoms with Crippen molar-refractivity contribution in [2.75, 3.05) is 13.7 Å². The fourth-order valence-electron chi connectivity index (χ4n) is 2.81. The molecule has 0 bridgehead atoms. The average molecular weight is 393 g/mol. The molecule has 28 heavy (non-hydrogen) atoms. The van der Waals surface area contributed by atoms with E-state index < -0.39 is 6.04 Å². The number of nitrogens with zero attached hydrogens (tertiary/aromatic N) is 3. The summed E-state index contributed by atoms with van der Waals surface area (Å²) in [7, 11) is 1.74. The van der Waals surface area contributed by atoms with Crippen molar-refractivity contribution in [2.24, 2.45) is 17.1 Å². The zero-order valence-corrected chi connectivity index (χ0v) is 18.5. The maximum Gasteiger partial charge on any atom is 0.240 e. The Morgan fingerprint density at radius 2 is 1.96 bits per heavy atom. The van der Waals surface area contributed by atoms with Crippen LogP contribution in [0, 0.1) is 11.3 Å². The van der Waals surface area contributed by atoms with E-state index in [0.29, 0.717) is 18.0 Å². The smallest absolute Gasteiger partial charge is 0.240 e. The molecule has 0 aliphatic carbocycles. The second-order valence-corrected chi connectivity index (χ2v) is 8.55. The van der Waals surface area contributed by atoms with Crippen LogP contribution in [0.5, 0.6) is 0 Å². The van der Waals surface area contributed by atoms with E-state index in [2.05, 4.69) is 4.98 Å². The molecule has 0 aromatic carbocycles. The Hall–Kier alpha value is -1.99. The quantitative estimate of drug-likeness (QED) is 0.515. The predicted molar refractivity (Wildman–Crippen MR) is 111 cm³/mol. The minimum atomic E-state index is -0.617. The van der Waals surface area contributed by atoms with E-state index in [-0.39, 0.29) is 35.8 Å². The monoisotopic (exact) mass is 392 g/mol. The fourth-order valence-corrected chi connectivity index (χ4v) is 2.81. The van der Waals surface area contributed by atoms with Crippen molar-refractivity contribution in [3.05, 3.63) is 29.9 Å². The summed E-state index contributed by atoms with van der Waals surface area (Å²) < 4.78 is 7.06. The summed E-state index contributed by atoms with van der Waals surface area (Å²) in [5.74, 6) is 0.119. The Bertz CT molecular complexity index is 701. The van der Waals surface area contributed by atoms with E-state index >= 15 is 0 Å². The first-order chi connectivity index (χ1) is 12.9. The molecule has 1 amide bonds. The van der Waals surface area contributed by atoms with Gasteiger partial charge < -0.3 is 19.9 Å². The third-order valence-corrected chi connectivity index (χ3v) is 4.81. The highest BCUT2D eigenvalue weighted by Crippen LogP contribution is 2.22. The molecule has 1 rings (SSSR count). The molecule has 1 aromatic heterocycles. The molecule has 0 fully saturated rings. The molecular weight excluding hydrogens is 356 g/mol. The van der Waals surface area contributed by atoms with Crippen molar-refractivity contribution in [2.45, 2.75) is 67.3 Å². The van der Waals surface area contributed by atoms with E-state index in [1.807, 2.05) is 47.6 Å². The number of hydrogen-bond acceptors (Lipinski definition) is 5. The van der Waals surface area contributed by atoms with Crippen LogP contribution < -0.4 is 5.73 Å². The van der Waals surface area contributed by atoms with Crippen LogP contribution in [-0.4, -0.2) is 51.9 Å². The lowest BCUT2D eigenvalue weighted by atomic mass is 9.86. The summed E-state index contributed by atoms with van der Waals surface area (Å²) in [6.45, 7) is 14.3. The first-order valence-electron chi connectivity index (χ1n) is 9.76. The molecule has 158 valence electrons. The Kier molecular flexibility index (Phi) is 8.57. The lowest BCUT2D eigenvalue weighted by Crippen LogP contribution is -2.52. The first kappa shape index (κ1) is 24.0. The van der Waals surface area contributed by atoms with Gasteiger partial charge in [0.05, 0.1) is 12.1 Å². The Balaban J connectivity index is 3.09. The van der Waals surface area contributed by atoms with Crippen molar-refractivity contribution in [3.63, 3.8) is 0 Å². The zero-order valence-electron chi connectivity index (χ0n) is 18.5. The number of ether oxygens (including phenoxy) is 1. The Morgan fingerprint density at radius 3 is 2.46 bits per heavy atom. The number of aromatic nitrogens is 2. The minimum Gasteiger partial charge on any atom is -0.361 e. The zero-order chi connectivity index (χ0) is 21.6. The van der Waals surface area contributed by atoms with E-state index in [4.69, 9.17) is 10.5 Å². The molecule has 0 aliphatic heterocycles. The lowest BCUT2D eigenvalue weighted by molar-refractivity contribution is -0.135. The summed E-state index contributed by atoms with van der Waals surface area (Å²) >= 11 is 0. The third-order valence-electron chi connectivity index (χ3n) is 4.81. The van der Waals surface area contributed by atoms with Gasteiger partial charge in [0, 0.05) is 26.0 Å². The number of rotatable bonds is 9. The molecule has 2 atom stereocenters. The van der Waals surface area contributed by atoms with Crippen molar-refractivity contribution in [1.82, 2.24) is 14.5 Å². The lowest BCUT2D eigenvalue weighted by Gasteiger charge is -2.35. The normalized spacial score (nSPS) is 14.9. The number of amides is 1. The van der Waals surface area contributed by atoms with Crippen LogP contribution in [0.3, 0.4) is 0 Å². The molecule has 1 heterocycles. The summed E-state index contributed by atoms with van der Waals surface area (Å²) in [6, 6.07) is -0.867. The molecule has 0 saturated heterocycles. The highest BCUT2D eigenvalue weighted by atomic mass is 16.5. The largest absolute Gasteiger partial charge is 0.361 e. The number of hydrogen-bond donors (Lipinski definition) is 1. The summed E-state index contributed by atoms with van der Waals surface area (Å²) in [5, 5.41) is 0. The second-order valence-electron chi connectivity index (χ2n) is 8.55. The van der Waals surface area contributed by atoms with Crippen LogP contribution in [0.15, 0.2) is 24.0 Å². The predicted octanol–water partition coefficient (Wildman–Crippen LogP) is 2.86. The van der Waals surface area contributed by atoms with Gasteiger partial charge in [-0.25, -0.2) is 4.98 Å². The maximum absolute atomic E-state index is 12.9. The van der Waals surface area contributed by atoms with E-state index in [1.165, 1.54) is 0 Å². The third kappa shape index (κ3) is 6.01. The molecule has 0 unspecified atom stereocenters. The maximum atomic E-state index is 12.9. The highest BCUT2D eigenvalue weighted by molar-refractivity contribution is 6.06.